The summed E-state index contributed by atoms with van der Waals surface area (Å²) in [5.74, 6) is 0. The molecule has 0 fully saturated rings. The number of aliphatic hydroxyl groups is 1. The molecule has 0 saturated carbocycles. The third kappa shape index (κ3) is 9.72. The van der Waals surface area contributed by atoms with Crippen molar-refractivity contribution >= 4 is 0 Å². The molecule has 0 bridgehead atoms. The van der Waals surface area contributed by atoms with Crippen molar-refractivity contribution in [3.8, 4) is 0 Å². The Labute approximate surface area is 78.9 Å². The fourth-order valence-corrected chi connectivity index (χ4v) is 0.678. The number of ether oxygens (including phenoxy) is 2. The number of hydrogen-bond acceptors (Lipinski definition) is 5. The second-order valence-corrected chi connectivity index (χ2v) is 2.50. The molecular weight excluding hydrogens is 174 g/mol. The maximum atomic E-state index is 9.27. The van der Waals surface area contributed by atoms with Gasteiger partial charge in [-0.15, -0.1) is 0 Å². The summed E-state index contributed by atoms with van der Waals surface area (Å²) in [6.07, 6.45) is -0.539. The average molecular weight is 193 g/mol. The first kappa shape index (κ1) is 12.8. The highest BCUT2D eigenvalue weighted by atomic mass is 16.6. The van der Waals surface area contributed by atoms with Gasteiger partial charge in [-0.2, -0.15) is 5.48 Å². The summed E-state index contributed by atoms with van der Waals surface area (Å²) >= 11 is 0. The van der Waals surface area contributed by atoms with Crippen molar-refractivity contribution in [2.24, 2.45) is 0 Å². The first-order chi connectivity index (χ1) is 6.31. The molecule has 0 rings (SSSR count). The maximum absolute atomic E-state index is 9.27. The first-order valence-electron chi connectivity index (χ1n) is 4.40. The van der Waals surface area contributed by atoms with Gasteiger partial charge in [-0.3, -0.25) is 0 Å². The van der Waals surface area contributed by atoms with Crippen LogP contribution in [0.5, 0.6) is 0 Å². The highest BCUT2D eigenvalue weighted by Crippen LogP contribution is 1.84. The van der Waals surface area contributed by atoms with E-state index in [1.807, 2.05) is 6.92 Å². The molecular formula is C8H19NO4. The second kappa shape index (κ2) is 9.88. The number of nitrogens with one attached hydrogen (secondary N) is 1. The topological polar surface area (TPSA) is 60.0 Å². The molecule has 0 aliphatic carbocycles. The molecule has 0 aromatic rings. The normalized spacial score (nSPS) is 13.2. The Morgan fingerprint density at radius 2 is 2.15 bits per heavy atom. The number of hydrogen-bond donors (Lipinski definition) is 2. The third-order valence-electron chi connectivity index (χ3n) is 1.31. The molecule has 2 N–H and O–H groups in total. The molecule has 5 nitrogen and oxygen atoms in total. The lowest BCUT2D eigenvalue weighted by molar-refractivity contribution is -0.0194. The Bertz CT molecular complexity index is 102. The minimum atomic E-state index is -0.539. The molecule has 0 aliphatic rings. The summed E-state index contributed by atoms with van der Waals surface area (Å²) in [4.78, 5) is 4.84. The van der Waals surface area contributed by atoms with Crippen molar-refractivity contribution in [2.45, 2.75) is 13.0 Å². The monoisotopic (exact) mass is 193 g/mol. The summed E-state index contributed by atoms with van der Waals surface area (Å²) in [5, 5.41) is 9.27. The molecule has 0 aromatic heterocycles. The minimum Gasteiger partial charge on any atom is -0.389 e. The molecule has 13 heavy (non-hydrogen) atoms. The predicted molar refractivity (Wildman–Crippen MR) is 48.3 cm³/mol. The van der Waals surface area contributed by atoms with Crippen molar-refractivity contribution < 1.29 is 19.4 Å². The first-order valence-corrected chi connectivity index (χ1v) is 4.40. The van der Waals surface area contributed by atoms with E-state index in [0.717, 1.165) is 0 Å². The van der Waals surface area contributed by atoms with Crippen LogP contribution in [0.1, 0.15) is 6.92 Å². The standard InChI is InChI=1S/C8H19NO4/c1-3-13-9-6-8(10)7-12-5-4-11-2/h8-10H,3-7H2,1-2H3. The van der Waals surface area contributed by atoms with Crippen LogP contribution in [-0.2, 0) is 14.3 Å². The van der Waals surface area contributed by atoms with Gasteiger partial charge in [0.1, 0.15) is 0 Å². The van der Waals surface area contributed by atoms with Gasteiger partial charge in [0.05, 0.1) is 32.5 Å². The Morgan fingerprint density at radius 3 is 2.77 bits per heavy atom. The van der Waals surface area contributed by atoms with Crippen molar-refractivity contribution in [1.29, 1.82) is 0 Å². The fourth-order valence-electron chi connectivity index (χ4n) is 0.678. The molecule has 0 radical (unpaired) electrons. The van der Waals surface area contributed by atoms with E-state index in [9.17, 15) is 5.11 Å². The van der Waals surface area contributed by atoms with Gasteiger partial charge in [0.25, 0.3) is 0 Å². The zero-order valence-corrected chi connectivity index (χ0v) is 8.28. The lowest BCUT2D eigenvalue weighted by atomic mass is 10.4. The van der Waals surface area contributed by atoms with Crippen LogP contribution in [0.25, 0.3) is 0 Å². The molecule has 5 heteroatoms. The van der Waals surface area contributed by atoms with Crippen molar-refractivity contribution in [2.75, 3.05) is 40.1 Å². The highest BCUT2D eigenvalue weighted by Gasteiger charge is 2.02. The van der Waals surface area contributed by atoms with Crippen LogP contribution in [0.2, 0.25) is 0 Å². The Hall–Kier alpha value is -0.200. The van der Waals surface area contributed by atoms with Gasteiger partial charge in [-0.25, -0.2) is 0 Å². The summed E-state index contributed by atoms with van der Waals surface area (Å²) in [6.45, 7) is 4.17. The Morgan fingerprint density at radius 1 is 1.38 bits per heavy atom. The van der Waals surface area contributed by atoms with Crippen LogP contribution in [-0.4, -0.2) is 51.3 Å². The van der Waals surface area contributed by atoms with E-state index in [1.165, 1.54) is 0 Å². The molecule has 0 spiro atoms. The van der Waals surface area contributed by atoms with Crippen LogP contribution in [0, 0.1) is 0 Å². The molecule has 0 aromatic carbocycles. The summed E-state index contributed by atoms with van der Waals surface area (Å²) in [5.41, 5.74) is 2.61. The van der Waals surface area contributed by atoms with E-state index in [1.54, 1.807) is 7.11 Å². The lowest BCUT2D eigenvalue weighted by Crippen LogP contribution is -2.30. The Balaban J connectivity index is 3.05. The molecule has 0 amide bonds. The van der Waals surface area contributed by atoms with Crippen molar-refractivity contribution in [3.05, 3.63) is 0 Å². The van der Waals surface area contributed by atoms with Crippen LogP contribution < -0.4 is 5.48 Å². The van der Waals surface area contributed by atoms with Crippen molar-refractivity contribution in [1.82, 2.24) is 5.48 Å². The third-order valence-corrected chi connectivity index (χ3v) is 1.31. The van der Waals surface area contributed by atoms with Crippen molar-refractivity contribution in [3.63, 3.8) is 0 Å². The van der Waals surface area contributed by atoms with Gasteiger partial charge in [0, 0.05) is 13.7 Å². The zero-order valence-electron chi connectivity index (χ0n) is 8.28. The van der Waals surface area contributed by atoms with Crippen LogP contribution in [0.4, 0.5) is 0 Å². The van der Waals surface area contributed by atoms with E-state index in [0.29, 0.717) is 33.0 Å². The molecule has 1 atom stereocenters. The number of methoxy groups -OCH3 is 1. The second-order valence-electron chi connectivity index (χ2n) is 2.50. The summed E-state index contributed by atoms with van der Waals surface area (Å²) < 4.78 is 9.87. The van der Waals surface area contributed by atoms with Gasteiger partial charge >= 0.3 is 0 Å². The predicted octanol–water partition coefficient (Wildman–Crippen LogP) is -0.449. The van der Waals surface area contributed by atoms with Gasteiger partial charge in [-0.05, 0) is 6.92 Å². The average Bonchev–Trinajstić information content (AvgIpc) is 2.13. The van der Waals surface area contributed by atoms with Gasteiger partial charge in [-0.1, -0.05) is 0 Å². The smallest absolute Gasteiger partial charge is 0.0920 e. The van der Waals surface area contributed by atoms with E-state index >= 15 is 0 Å². The van der Waals surface area contributed by atoms with E-state index in [4.69, 9.17) is 14.3 Å². The van der Waals surface area contributed by atoms with Crippen LogP contribution >= 0.6 is 0 Å². The maximum Gasteiger partial charge on any atom is 0.0920 e. The van der Waals surface area contributed by atoms with Gasteiger partial charge in [0.15, 0.2) is 0 Å². The van der Waals surface area contributed by atoms with Gasteiger partial charge < -0.3 is 19.4 Å². The van der Waals surface area contributed by atoms with E-state index < -0.39 is 6.10 Å². The lowest BCUT2D eigenvalue weighted by Gasteiger charge is -2.11. The van der Waals surface area contributed by atoms with E-state index in [2.05, 4.69) is 5.48 Å². The summed E-state index contributed by atoms with van der Waals surface area (Å²) in [6, 6.07) is 0. The molecule has 0 saturated heterocycles. The fraction of sp³-hybridized carbons (Fsp3) is 1.00. The Kier molecular flexibility index (Phi) is 9.73. The molecule has 1 unspecified atom stereocenters. The van der Waals surface area contributed by atoms with Crippen LogP contribution in [0.15, 0.2) is 0 Å². The molecule has 80 valence electrons. The highest BCUT2D eigenvalue weighted by molar-refractivity contribution is 4.53. The molecule has 0 aliphatic heterocycles. The summed E-state index contributed by atoms with van der Waals surface area (Å²) in [7, 11) is 1.61. The van der Waals surface area contributed by atoms with Crippen LogP contribution in [0.3, 0.4) is 0 Å². The largest absolute Gasteiger partial charge is 0.389 e. The SMILES string of the molecule is CCONCC(O)COCCOC. The number of hydroxylamine groups is 1. The number of aliphatic hydroxyl groups excluding tert-OH is 1. The van der Waals surface area contributed by atoms with E-state index in [-0.39, 0.29) is 0 Å². The minimum absolute atomic E-state index is 0.295. The molecule has 0 heterocycles. The zero-order chi connectivity index (χ0) is 9.94. The number of rotatable bonds is 9. The quantitative estimate of drug-likeness (QED) is 0.384. The van der Waals surface area contributed by atoms with Gasteiger partial charge in [0.2, 0.25) is 0 Å².